The van der Waals surface area contributed by atoms with Gasteiger partial charge in [-0.2, -0.15) is 0 Å². The van der Waals surface area contributed by atoms with Crippen LogP contribution < -0.4 is 0 Å². The van der Waals surface area contributed by atoms with Crippen LogP contribution in [0.4, 0.5) is 0 Å². The summed E-state index contributed by atoms with van der Waals surface area (Å²) in [5, 5.41) is 0. The van der Waals surface area contributed by atoms with Gasteiger partial charge in [-0.05, 0) is 12.1 Å². The predicted molar refractivity (Wildman–Crippen MR) is 31.3 cm³/mol. The minimum atomic E-state index is 1.14. The van der Waals surface area contributed by atoms with E-state index in [-0.39, 0.29) is 0 Å². The Morgan fingerprint density at radius 1 is 1.71 bits per heavy atom. The van der Waals surface area contributed by atoms with Crippen LogP contribution in [0.25, 0.3) is 0 Å². The van der Waals surface area contributed by atoms with Crippen molar-refractivity contribution in [2.75, 3.05) is 19.6 Å². The molecule has 0 aromatic heterocycles. The zero-order valence-corrected chi connectivity index (χ0v) is 4.78. The number of hydrogen-bond acceptors (Lipinski definition) is 1. The van der Waals surface area contributed by atoms with Crippen molar-refractivity contribution in [2.24, 2.45) is 0 Å². The van der Waals surface area contributed by atoms with Crippen LogP contribution in [0.1, 0.15) is 6.92 Å². The van der Waals surface area contributed by atoms with Gasteiger partial charge in [0.05, 0.1) is 0 Å². The highest BCUT2D eigenvalue weighted by atomic mass is 15.2. The molecule has 1 rings (SSSR count). The van der Waals surface area contributed by atoms with Crippen LogP contribution in [0.5, 0.6) is 0 Å². The van der Waals surface area contributed by atoms with Crippen LogP contribution in [0, 0.1) is 0 Å². The molecule has 0 aliphatic carbocycles. The van der Waals surface area contributed by atoms with E-state index < -0.39 is 0 Å². The van der Waals surface area contributed by atoms with Crippen LogP contribution in [0.15, 0.2) is 12.2 Å². The molecule has 1 aliphatic rings. The molecule has 1 aliphatic heterocycles. The molecule has 1 saturated heterocycles. The molecule has 0 N–H and O–H groups in total. The molecule has 40 valence electrons. The highest BCUT2D eigenvalue weighted by Gasteiger charge is 2.14. The summed E-state index contributed by atoms with van der Waals surface area (Å²) in [7, 11) is 0. The summed E-state index contributed by atoms with van der Waals surface area (Å²) in [6, 6.07) is 0. The number of nitrogens with zero attached hydrogens (tertiary/aromatic N) is 1. The maximum atomic E-state index is 3.82. The third-order valence-electron chi connectivity index (χ3n) is 1.34. The second-order valence-electron chi connectivity index (χ2n) is 2.05. The predicted octanol–water partition coefficient (Wildman–Crippen LogP) is 0.878. The van der Waals surface area contributed by atoms with Crippen LogP contribution in [-0.4, -0.2) is 24.5 Å². The van der Waals surface area contributed by atoms with Crippen LogP contribution in [0.2, 0.25) is 0 Å². The molecule has 0 spiro atoms. The van der Waals surface area contributed by atoms with E-state index >= 15 is 0 Å². The van der Waals surface area contributed by atoms with Crippen LogP contribution in [0.3, 0.4) is 0 Å². The SMILES string of the molecule is C=C1CN(CC)C1. The summed E-state index contributed by atoms with van der Waals surface area (Å²) in [4.78, 5) is 2.35. The molecule has 0 atom stereocenters. The third-order valence-corrected chi connectivity index (χ3v) is 1.34. The lowest BCUT2D eigenvalue weighted by Crippen LogP contribution is -2.38. The van der Waals surface area contributed by atoms with E-state index in [0.29, 0.717) is 0 Å². The van der Waals surface area contributed by atoms with E-state index in [1.807, 2.05) is 0 Å². The van der Waals surface area contributed by atoms with E-state index in [1.165, 1.54) is 12.1 Å². The van der Waals surface area contributed by atoms with Gasteiger partial charge in [0.25, 0.3) is 0 Å². The molecule has 0 bridgehead atoms. The molecule has 0 radical (unpaired) electrons. The largest absolute Gasteiger partial charge is 0.296 e. The van der Waals surface area contributed by atoms with Gasteiger partial charge in [-0.15, -0.1) is 0 Å². The maximum Gasteiger partial charge on any atom is 0.0206 e. The molecule has 7 heavy (non-hydrogen) atoms. The highest BCUT2D eigenvalue weighted by Crippen LogP contribution is 2.09. The summed E-state index contributed by atoms with van der Waals surface area (Å²) >= 11 is 0. The lowest BCUT2D eigenvalue weighted by atomic mass is 10.1. The van der Waals surface area contributed by atoms with Gasteiger partial charge in [0.2, 0.25) is 0 Å². The van der Waals surface area contributed by atoms with Crippen LogP contribution in [-0.2, 0) is 0 Å². The molecule has 0 amide bonds. The fourth-order valence-electron chi connectivity index (χ4n) is 0.810. The first-order valence-electron chi connectivity index (χ1n) is 2.72. The van der Waals surface area contributed by atoms with E-state index in [0.717, 1.165) is 13.1 Å². The van der Waals surface area contributed by atoms with E-state index in [1.54, 1.807) is 0 Å². The molecule has 1 nitrogen and oxygen atoms in total. The average Bonchev–Trinajstić information content (AvgIpc) is 1.58. The zero-order valence-electron chi connectivity index (χ0n) is 4.78. The Bertz CT molecular complexity index is 78.2. The number of hydrogen-bond donors (Lipinski definition) is 0. The third kappa shape index (κ3) is 0.829. The summed E-state index contributed by atoms with van der Waals surface area (Å²) in [6.45, 7) is 9.44. The lowest BCUT2D eigenvalue weighted by molar-refractivity contribution is 0.265. The van der Waals surface area contributed by atoms with Crippen molar-refractivity contribution < 1.29 is 0 Å². The smallest absolute Gasteiger partial charge is 0.0206 e. The quantitative estimate of drug-likeness (QED) is 0.439. The average molecular weight is 97.2 g/mol. The summed E-state index contributed by atoms with van der Waals surface area (Å²) in [5.41, 5.74) is 1.38. The molecule has 0 aromatic carbocycles. The fourth-order valence-corrected chi connectivity index (χ4v) is 0.810. The Labute approximate surface area is 44.6 Å². The van der Waals surface area contributed by atoms with Gasteiger partial charge in [0, 0.05) is 13.1 Å². The van der Waals surface area contributed by atoms with Crippen molar-refractivity contribution in [3.63, 3.8) is 0 Å². The zero-order chi connectivity index (χ0) is 5.28. The molecular formula is C6H11N. The normalized spacial score (nSPS) is 22.1. The second-order valence-corrected chi connectivity index (χ2v) is 2.05. The number of rotatable bonds is 1. The Morgan fingerprint density at radius 2 is 2.29 bits per heavy atom. The van der Waals surface area contributed by atoms with Gasteiger partial charge >= 0.3 is 0 Å². The Kier molecular flexibility index (Phi) is 1.15. The van der Waals surface area contributed by atoms with Crippen molar-refractivity contribution >= 4 is 0 Å². The molecule has 0 saturated carbocycles. The Balaban J connectivity index is 2.17. The summed E-state index contributed by atoms with van der Waals surface area (Å²) in [5.74, 6) is 0. The monoisotopic (exact) mass is 97.1 g/mol. The Hall–Kier alpha value is -0.300. The van der Waals surface area contributed by atoms with Gasteiger partial charge < -0.3 is 0 Å². The van der Waals surface area contributed by atoms with Gasteiger partial charge in [0.15, 0.2) is 0 Å². The maximum absolute atomic E-state index is 3.82. The van der Waals surface area contributed by atoms with E-state index in [2.05, 4.69) is 18.4 Å². The first kappa shape index (κ1) is 4.85. The van der Waals surface area contributed by atoms with Crippen LogP contribution >= 0.6 is 0 Å². The van der Waals surface area contributed by atoms with Crippen molar-refractivity contribution in [1.82, 2.24) is 4.90 Å². The standard InChI is InChI=1S/C6H11N/c1-3-7-4-6(2)5-7/h2-5H2,1H3. The molecule has 1 fully saturated rings. The fraction of sp³-hybridized carbons (Fsp3) is 0.667. The Morgan fingerprint density at radius 3 is 2.43 bits per heavy atom. The van der Waals surface area contributed by atoms with Crippen molar-refractivity contribution in [3.05, 3.63) is 12.2 Å². The van der Waals surface area contributed by atoms with Gasteiger partial charge in [-0.1, -0.05) is 13.5 Å². The minimum absolute atomic E-state index is 1.14. The second kappa shape index (κ2) is 1.66. The van der Waals surface area contributed by atoms with Gasteiger partial charge in [-0.3, -0.25) is 4.90 Å². The lowest BCUT2D eigenvalue weighted by Gasteiger charge is -2.31. The van der Waals surface area contributed by atoms with E-state index in [4.69, 9.17) is 0 Å². The molecule has 0 aromatic rings. The first-order valence-corrected chi connectivity index (χ1v) is 2.72. The molecule has 1 heteroatoms. The molecule has 1 heterocycles. The topological polar surface area (TPSA) is 3.24 Å². The minimum Gasteiger partial charge on any atom is -0.296 e. The number of likely N-dealkylation sites (tertiary alicyclic amines) is 1. The van der Waals surface area contributed by atoms with Gasteiger partial charge in [-0.25, -0.2) is 0 Å². The van der Waals surface area contributed by atoms with Crippen molar-refractivity contribution in [2.45, 2.75) is 6.92 Å². The van der Waals surface area contributed by atoms with Crippen molar-refractivity contribution in [1.29, 1.82) is 0 Å². The van der Waals surface area contributed by atoms with Crippen molar-refractivity contribution in [3.8, 4) is 0 Å². The first-order chi connectivity index (χ1) is 3.33. The molecular weight excluding hydrogens is 86.1 g/mol. The molecule has 0 unspecified atom stereocenters. The van der Waals surface area contributed by atoms with Gasteiger partial charge in [0.1, 0.15) is 0 Å². The highest BCUT2D eigenvalue weighted by molar-refractivity contribution is 5.09. The van der Waals surface area contributed by atoms with E-state index in [9.17, 15) is 0 Å². The summed E-state index contributed by atoms with van der Waals surface area (Å²) in [6.07, 6.45) is 0. The summed E-state index contributed by atoms with van der Waals surface area (Å²) < 4.78 is 0. The number of likely N-dealkylation sites (N-methyl/N-ethyl adjacent to an activating group) is 1.